The molecule has 0 saturated heterocycles. The molecule has 0 N–H and O–H groups in total. The largest absolute Gasteiger partial charge is 0.490 e. The van der Waals surface area contributed by atoms with E-state index in [1.54, 1.807) is 0 Å². The predicted molar refractivity (Wildman–Crippen MR) is 107 cm³/mol. The van der Waals surface area contributed by atoms with Crippen molar-refractivity contribution in [3.05, 3.63) is 76.9 Å². The van der Waals surface area contributed by atoms with Gasteiger partial charge in [-0.2, -0.15) is 0 Å². The van der Waals surface area contributed by atoms with E-state index in [2.05, 4.69) is 63.0 Å². The second-order valence-electron chi connectivity index (χ2n) is 6.52. The van der Waals surface area contributed by atoms with Crippen LogP contribution in [0.1, 0.15) is 56.7 Å². The van der Waals surface area contributed by atoms with E-state index < -0.39 is 0 Å². The Morgan fingerprint density at radius 1 is 0.880 bits per heavy atom. The fourth-order valence-corrected chi connectivity index (χ4v) is 2.42. The van der Waals surface area contributed by atoms with E-state index in [-0.39, 0.29) is 0 Å². The first-order valence-corrected chi connectivity index (χ1v) is 9.14. The van der Waals surface area contributed by atoms with Gasteiger partial charge in [0.05, 0.1) is 0 Å². The molecule has 2 aromatic rings. The highest BCUT2D eigenvalue weighted by Crippen LogP contribution is 2.12. The Morgan fingerprint density at radius 3 is 2.04 bits per heavy atom. The molecule has 0 fully saturated rings. The Morgan fingerprint density at radius 2 is 1.48 bits per heavy atom. The zero-order valence-electron chi connectivity index (χ0n) is 15.6. The molecule has 1 heteroatoms. The Kier molecular flexibility index (Phi) is 7.86. The third kappa shape index (κ3) is 7.31. The van der Waals surface area contributed by atoms with Gasteiger partial charge >= 0.3 is 0 Å². The van der Waals surface area contributed by atoms with Crippen LogP contribution in [0, 0.1) is 11.8 Å². The fraction of sp³-hybridized carbons (Fsp3) is 0.333. The summed E-state index contributed by atoms with van der Waals surface area (Å²) in [4.78, 5) is 0. The number of ether oxygens (including phenoxy) is 1. The summed E-state index contributed by atoms with van der Waals surface area (Å²) in [5.41, 5.74) is 4.72. The van der Waals surface area contributed by atoms with Crippen molar-refractivity contribution < 1.29 is 4.74 Å². The van der Waals surface area contributed by atoms with E-state index in [0.717, 1.165) is 23.3 Å². The second-order valence-corrected chi connectivity index (χ2v) is 6.52. The summed E-state index contributed by atoms with van der Waals surface area (Å²) in [6.45, 7) is 6.98. The van der Waals surface area contributed by atoms with Gasteiger partial charge in [-0.1, -0.05) is 49.3 Å². The third-order valence-corrected chi connectivity index (χ3v) is 3.97. The van der Waals surface area contributed by atoms with Crippen LogP contribution < -0.4 is 4.74 Å². The van der Waals surface area contributed by atoms with E-state index in [4.69, 9.17) is 4.74 Å². The summed E-state index contributed by atoms with van der Waals surface area (Å²) in [6.07, 6.45) is 7.07. The van der Waals surface area contributed by atoms with Crippen LogP contribution >= 0.6 is 0 Å². The first-order valence-electron chi connectivity index (χ1n) is 9.14. The van der Waals surface area contributed by atoms with Crippen molar-refractivity contribution in [2.24, 2.45) is 0 Å². The standard InChI is InChI=1S/C24H28O/c1-4-5-6-7-21-8-10-22(11-9-21)12-13-23-14-16-24(17-15-23)25-19-18-20(2)3/h8-11,14-18H,4-7,19H2,1-3H3. The van der Waals surface area contributed by atoms with Crippen LogP contribution in [0.25, 0.3) is 0 Å². The molecule has 0 bridgehead atoms. The van der Waals surface area contributed by atoms with Gasteiger partial charge in [0, 0.05) is 11.1 Å². The lowest BCUT2D eigenvalue weighted by Crippen LogP contribution is -1.93. The van der Waals surface area contributed by atoms with Gasteiger partial charge in [-0.05, 0) is 74.7 Å². The lowest BCUT2D eigenvalue weighted by atomic mass is 10.1. The number of hydrogen-bond acceptors (Lipinski definition) is 1. The first-order chi connectivity index (χ1) is 12.2. The molecule has 0 heterocycles. The number of rotatable bonds is 7. The Bertz CT molecular complexity index is 720. The number of hydrogen-bond donors (Lipinski definition) is 0. The summed E-state index contributed by atoms with van der Waals surface area (Å²) in [5, 5.41) is 0. The van der Waals surface area contributed by atoms with Gasteiger partial charge < -0.3 is 4.74 Å². The maximum absolute atomic E-state index is 5.66. The van der Waals surface area contributed by atoms with Gasteiger partial charge in [-0.3, -0.25) is 0 Å². The topological polar surface area (TPSA) is 9.23 Å². The highest BCUT2D eigenvalue weighted by Gasteiger charge is 1.95. The van der Waals surface area contributed by atoms with Crippen molar-refractivity contribution in [2.45, 2.75) is 46.5 Å². The quantitative estimate of drug-likeness (QED) is 0.335. The molecule has 0 spiro atoms. The molecule has 0 unspecified atom stereocenters. The van der Waals surface area contributed by atoms with Gasteiger partial charge in [0.25, 0.3) is 0 Å². The second kappa shape index (κ2) is 10.4. The highest BCUT2D eigenvalue weighted by atomic mass is 16.5. The molecule has 0 atom stereocenters. The lowest BCUT2D eigenvalue weighted by Gasteiger charge is -2.03. The number of allylic oxidation sites excluding steroid dienone is 1. The minimum Gasteiger partial charge on any atom is -0.490 e. The zero-order valence-corrected chi connectivity index (χ0v) is 15.6. The molecule has 0 aromatic heterocycles. The molecule has 25 heavy (non-hydrogen) atoms. The molecule has 0 aliphatic rings. The minimum atomic E-state index is 0.609. The predicted octanol–water partition coefficient (Wildman–Crippen LogP) is 6.16. The number of unbranched alkanes of at least 4 members (excludes halogenated alkanes) is 2. The van der Waals surface area contributed by atoms with Crippen LogP contribution in [0.2, 0.25) is 0 Å². The van der Waals surface area contributed by atoms with Crippen molar-refractivity contribution in [2.75, 3.05) is 6.61 Å². The molecule has 130 valence electrons. The normalized spacial score (nSPS) is 9.88. The van der Waals surface area contributed by atoms with E-state index >= 15 is 0 Å². The summed E-state index contributed by atoms with van der Waals surface area (Å²) in [5.74, 6) is 7.32. The van der Waals surface area contributed by atoms with Gasteiger partial charge in [-0.25, -0.2) is 0 Å². The van der Waals surface area contributed by atoms with Crippen LogP contribution in [0.3, 0.4) is 0 Å². The fourth-order valence-electron chi connectivity index (χ4n) is 2.42. The molecule has 0 aliphatic heterocycles. The highest BCUT2D eigenvalue weighted by molar-refractivity contribution is 5.44. The summed E-state index contributed by atoms with van der Waals surface area (Å²) in [7, 11) is 0. The Labute approximate surface area is 152 Å². The molecule has 2 rings (SSSR count). The molecule has 1 nitrogen and oxygen atoms in total. The van der Waals surface area contributed by atoms with E-state index in [1.807, 2.05) is 24.3 Å². The van der Waals surface area contributed by atoms with Crippen LogP contribution in [0.4, 0.5) is 0 Å². The minimum absolute atomic E-state index is 0.609. The zero-order chi connectivity index (χ0) is 17.9. The van der Waals surface area contributed by atoms with Crippen LogP contribution in [-0.4, -0.2) is 6.61 Å². The molecule has 0 saturated carbocycles. The Balaban J connectivity index is 1.90. The average molecular weight is 332 g/mol. The van der Waals surface area contributed by atoms with Crippen molar-refractivity contribution in [1.82, 2.24) is 0 Å². The molecular weight excluding hydrogens is 304 g/mol. The monoisotopic (exact) mass is 332 g/mol. The molecular formula is C24H28O. The molecule has 2 aromatic carbocycles. The average Bonchev–Trinajstić information content (AvgIpc) is 2.62. The Hall–Kier alpha value is -2.46. The molecule has 0 aliphatic carbocycles. The number of aryl methyl sites for hydroxylation is 1. The van der Waals surface area contributed by atoms with Gasteiger partial charge in [0.1, 0.15) is 12.4 Å². The van der Waals surface area contributed by atoms with Crippen molar-refractivity contribution in [3.63, 3.8) is 0 Å². The van der Waals surface area contributed by atoms with Crippen molar-refractivity contribution >= 4 is 0 Å². The number of benzene rings is 2. The lowest BCUT2D eigenvalue weighted by molar-refractivity contribution is 0.362. The summed E-state index contributed by atoms with van der Waals surface area (Å²) >= 11 is 0. The summed E-state index contributed by atoms with van der Waals surface area (Å²) in [6, 6.07) is 16.6. The van der Waals surface area contributed by atoms with E-state index in [0.29, 0.717) is 6.61 Å². The SMILES string of the molecule is CCCCCc1ccc(C#Cc2ccc(OCC=C(C)C)cc2)cc1. The third-order valence-electron chi connectivity index (χ3n) is 3.97. The van der Waals surface area contributed by atoms with Crippen molar-refractivity contribution in [1.29, 1.82) is 0 Å². The van der Waals surface area contributed by atoms with Crippen LogP contribution in [0.5, 0.6) is 5.75 Å². The van der Waals surface area contributed by atoms with Gasteiger partial charge in [0.15, 0.2) is 0 Å². The van der Waals surface area contributed by atoms with E-state index in [1.165, 1.54) is 30.4 Å². The van der Waals surface area contributed by atoms with Crippen LogP contribution in [-0.2, 0) is 6.42 Å². The molecule has 0 radical (unpaired) electrons. The maximum Gasteiger partial charge on any atom is 0.119 e. The van der Waals surface area contributed by atoms with E-state index in [9.17, 15) is 0 Å². The molecule has 0 amide bonds. The van der Waals surface area contributed by atoms with Gasteiger partial charge in [-0.15, -0.1) is 0 Å². The first kappa shape index (κ1) is 18.9. The van der Waals surface area contributed by atoms with Gasteiger partial charge in [0.2, 0.25) is 0 Å². The van der Waals surface area contributed by atoms with Crippen LogP contribution in [0.15, 0.2) is 60.2 Å². The smallest absolute Gasteiger partial charge is 0.119 e. The van der Waals surface area contributed by atoms with Crippen molar-refractivity contribution in [3.8, 4) is 17.6 Å². The maximum atomic E-state index is 5.66. The summed E-state index contributed by atoms with van der Waals surface area (Å²) < 4.78 is 5.66.